The van der Waals surface area contributed by atoms with Crippen LogP contribution in [-0.2, 0) is 0 Å². The number of nitrogens with zero attached hydrogens (tertiary/aromatic N) is 1. The first kappa shape index (κ1) is 11.0. The molecule has 1 unspecified atom stereocenters. The first-order chi connectivity index (χ1) is 7.70. The van der Waals surface area contributed by atoms with E-state index >= 15 is 0 Å². The number of urea groups is 1. The molecule has 0 saturated carbocycles. The minimum Gasteiger partial charge on any atom is -0.464 e. The van der Waals surface area contributed by atoms with Crippen molar-refractivity contribution in [3.63, 3.8) is 0 Å². The van der Waals surface area contributed by atoms with E-state index in [1.807, 2.05) is 26.1 Å². The van der Waals surface area contributed by atoms with Crippen LogP contribution in [0.5, 0.6) is 0 Å². The second-order valence-electron chi connectivity index (χ2n) is 4.00. The monoisotopic (exact) mass is 223 g/mol. The zero-order valence-electron chi connectivity index (χ0n) is 9.62. The van der Waals surface area contributed by atoms with Gasteiger partial charge in [0.05, 0.1) is 6.54 Å². The Morgan fingerprint density at radius 2 is 2.44 bits per heavy atom. The average molecular weight is 223 g/mol. The molecule has 1 saturated heterocycles. The summed E-state index contributed by atoms with van der Waals surface area (Å²) >= 11 is 0. The van der Waals surface area contributed by atoms with Crippen LogP contribution < -0.4 is 10.6 Å². The molecular formula is C11H17N3O2. The van der Waals surface area contributed by atoms with E-state index in [4.69, 9.17) is 4.42 Å². The van der Waals surface area contributed by atoms with Gasteiger partial charge in [-0.1, -0.05) is 0 Å². The lowest BCUT2D eigenvalue weighted by atomic mass is 10.2. The summed E-state index contributed by atoms with van der Waals surface area (Å²) in [5.41, 5.74) is 0. The molecule has 0 spiro atoms. The van der Waals surface area contributed by atoms with Gasteiger partial charge in [-0.2, -0.15) is 0 Å². The highest BCUT2D eigenvalue weighted by Gasteiger charge is 2.30. The standard InChI is InChI=1S/C11H17N3O2/c1-8-3-4-10(16-8)9-7-14(6-5-12-2)11(15)13-9/h3-4,9,12H,5-7H2,1-2H3,(H,13,15). The summed E-state index contributed by atoms with van der Waals surface area (Å²) in [6.07, 6.45) is 0. The zero-order valence-corrected chi connectivity index (χ0v) is 9.62. The summed E-state index contributed by atoms with van der Waals surface area (Å²) < 4.78 is 5.51. The van der Waals surface area contributed by atoms with Crippen LogP contribution >= 0.6 is 0 Å². The smallest absolute Gasteiger partial charge is 0.318 e. The molecule has 2 amide bonds. The molecule has 0 aromatic carbocycles. The van der Waals surface area contributed by atoms with Gasteiger partial charge in [-0.15, -0.1) is 0 Å². The van der Waals surface area contributed by atoms with Crippen LogP contribution in [0.4, 0.5) is 4.79 Å². The van der Waals surface area contributed by atoms with Crippen molar-refractivity contribution in [3.05, 3.63) is 23.7 Å². The van der Waals surface area contributed by atoms with E-state index in [1.165, 1.54) is 0 Å². The van der Waals surface area contributed by atoms with Gasteiger partial charge in [-0.3, -0.25) is 0 Å². The van der Waals surface area contributed by atoms with Gasteiger partial charge >= 0.3 is 6.03 Å². The largest absolute Gasteiger partial charge is 0.464 e. The molecular weight excluding hydrogens is 206 g/mol. The minimum atomic E-state index is -0.0192. The predicted molar refractivity (Wildman–Crippen MR) is 60.2 cm³/mol. The molecule has 2 N–H and O–H groups in total. The first-order valence-corrected chi connectivity index (χ1v) is 5.47. The molecule has 88 valence electrons. The number of carbonyl (C=O) groups excluding carboxylic acids is 1. The fraction of sp³-hybridized carbons (Fsp3) is 0.545. The van der Waals surface area contributed by atoms with Gasteiger partial charge in [0.15, 0.2) is 0 Å². The topological polar surface area (TPSA) is 57.5 Å². The fourth-order valence-electron chi connectivity index (χ4n) is 1.83. The van der Waals surface area contributed by atoms with Crippen LogP contribution in [0, 0.1) is 6.92 Å². The predicted octanol–water partition coefficient (Wildman–Crippen LogP) is 0.874. The third kappa shape index (κ3) is 2.19. The van der Waals surface area contributed by atoms with Crippen LogP contribution in [-0.4, -0.2) is 37.6 Å². The van der Waals surface area contributed by atoms with Gasteiger partial charge in [-0.05, 0) is 26.1 Å². The van der Waals surface area contributed by atoms with Crippen molar-refractivity contribution in [1.82, 2.24) is 15.5 Å². The highest BCUT2D eigenvalue weighted by molar-refractivity contribution is 5.77. The van der Waals surface area contributed by atoms with E-state index in [0.29, 0.717) is 6.54 Å². The third-order valence-electron chi connectivity index (χ3n) is 2.72. The van der Waals surface area contributed by atoms with Crippen LogP contribution in [0.15, 0.2) is 16.5 Å². The molecule has 16 heavy (non-hydrogen) atoms. The molecule has 1 atom stereocenters. The molecule has 1 aromatic rings. The van der Waals surface area contributed by atoms with Crippen molar-refractivity contribution < 1.29 is 9.21 Å². The minimum absolute atomic E-state index is 0.0157. The lowest BCUT2D eigenvalue weighted by Gasteiger charge is -2.13. The number of amides is 2. The summed E-state index contributed by atoms with van der Waals surface area (Å²) in [6.45, 7) is 4.10. The van der Waals surface area contributed by atoms with E-state index < -0.39 is 0 Å². The third-order valence-corrected chi connectivity index (χ3v) is 2.72. The van der Waals surface area contributed by atoms with Crippen molar-refractivity contribution in [3.8, 4) is 0 Å². The van der Waals surface area contributed by atoms with Crippen molar-refractivity contribution in [2.75, 3.05) is 26.7 Å². The first-order valence-electron chi connectivity index (χ1n) is 5.47. The lowest BCUT2D eigenvalue weighted by molar-refractivity contribution is 0.218. The van der Waals surface area contributed by atoms with E-state index in [-0.39, 0.29) is 12.1 Å². The van der Waals surface area contributed by atoms with E-state index in [9.17, 15) is 4.79 Å². The normalized spacial score (nSPS) is 20.2. The van der Waals surface area contributed by atoms with Crippen molar-refractivity contribution in [2.45, 2.75) is 13.0 Å². The molecule has 1 aliphatic heterocycles. The van der Waals surface area contributed by atoms with E-state index in [2.05, 4.69) is 10.6 Å². The maximum atomic E-state index is 11.6. The van der Waals surface area contributed by atoms with Gasteiger partial charge in [0, 0.05) is 13.1 Å². The Balaban J connectivity index is 1.98. The molecule has 0 aliphatic carbocycles. The van der Waals surface area contributed by atoms with E-state index in [0.717, 1.165) is 24.6 Å². The number of likely N-dealkylation sites (N-methyl/N-ethyl adjacent to an activating group) is 1. The van der Waals surface area contributed by atoms with Crippen molar-refractivity contribution in [2.24, 2.45) is 0 Å². The maximum Gasteiger partial charge on any atom is 0.318 e. The molecule has 0 bridgehead atoms. The number of furan rings is 1. The van der Waals surface area contributed by atoms with Crippen LogP contribution in [0.2, 0.25) is 0 Å². The average Bonchev–Trinajstić information content (AvgIpc) is 2.82. The van der Waals surface area contributed by atoms with Crippen LogP contribution in [0.3, 0.4) is 0 Å². The second kappa shape index (κ2) is 4.57. The molecule has 1 fully saturated rings. The Kier molecular flexibility index (Phi) is 3.14. The molecule has 1 aliphatic rings. The van der Waals surface area contributed by atoms with Crippen molar-refractivity contribution >= 4 is 6.03 Å². The quantitative estimate of drug-likeness (QED) is 0.796. The molecule has 5 nitrogen and oxygen atoms in total. The number of rotatable bonds is 4. The highest BCUT2D eigenvalue weighted by atomic mass is 16.3. The number of hydrogen-bond acceptors (Lipinski definition) is 3. The fourth-order valence-corrected chi connectivity index (χ4v) is 1.83. The van der Waals surface area contributed by atoms with Gasteiger partial charge < -0.3 is 20.0 Å². The van der Waals surface area contributed by atoms with Gasteiger partial charge in [-0.25, -0.2) is 4.79 Å². The zero-order chi connectivity index (χ0) is 11.5. The second-order valence-corrected chi connectivity index (χ2v) is 4.00. The summed E-state index contributed by atoms with van der Waals surface area (Å²) in [7, 11) is 1.88. The Labute approximate surface area is 94.8 Å². The number of hydrogen-bond donors (Lipinski definition) is 2. The van der Waals surface area contributed by atoms with Crippen LogP contribution in [0.1, 0.15) is 17.6 Å². The SMILES string of the molecule is CNCCN1CC(c2ccc(C)o2)NC1=O. The summed E-state index contributed by atoms with van der Waals surface area (Å²) in [4.78, 5) is 13.4. The molecule has 2 rings (SSSR count). The highest BCUT2D eigenvalue weighted by Crippen LogP contribution is 2.21. The Bertz CT molecular complexity index is 375. The summed E-state index contributed by atoms with van der Waals surface area (Å²) in [5.74, 6) is 1.70. The lowest BCUT2D eigenvalue weighted by Crippen LogP contribution is -2.33. The summed E-state index contributed by atoms with van der Waals surface area (Å²) in [5, 5.41) is 5.94. The molecule has 5 heteroatoms. The van der Waals surface area contributed by atoms with Crippen LogP contribution in [0.25, 0.3) is 0 Å². The van der Waals surface area contributed by atoms with Gasteiger partial charge in [0.2, 0.25) is 0 Å². The molecule has 1 aromatic heterocycles. The number of carbonyl (C=O) groups is 1. The Morgan fingerprint density at radius 1 is 1.62 bits per heavy atom. The maximum absolute atomic E-state index is 11.6. The van der Waals surface area contributed by atoms with Gasteiger partial charge in [0.25, 0.3) is 0 Å². The Morgan fingerprint density at radius 3 is 3.06 bits per heavy atom. The number of nitrogens with one attached hydrogen (secondary N) is 2. The van der Waals surface area contributed by atoms with Crippen molar-refractivity contribution in [1.29, 1.82) is 0 Å². The number of aryl methyl sites for hydroxylation is 1. The summed E-state index contributed by atoms with van der Waals surface area (Å²) in [6, 6.07) is 3.80. The molecule has 0 radical (unpaired) electrons. The van der Waals surface area contributed by atoms with E-state index in [1.54, 1.807) is 4.90 Å². The Hall–Kier alpha value is -1.49. The molecule has 2 heterocycles. The van der Waals surface area contributed by atoms with Gasteiger partial charge in [0.1, 0.15) is 17.6 Å².